The number of thiocarbonyl (C=S) groups is 1. The maximum absolute atomic E-state index is 12.7. The molecule has 2 N–H and O–H groups in total. The lowest BCUT2D eigenvalue weighted by Crippen LogP contribution is -2.34. The van der Waals surface area contributed by atoms with Gasteiger partial charge in [0, 0.05) is 22.7 Å². The number of benzene rings is 3. The zero-order valence-electron chi connectivity index (χ0n) is 18.8. The number of amides is 1. The molecule has 0 spiro atoms. The van der Waals surface area contributed by atoms with E-state index in [4.69, 9.17) is 26.1 Å². The predicted molar refractivity (Wildman–Crippen MR) is 136 cm³/mol. The van der Waals surface area contributed by atoms with E-state index in [1.807, 2.05) is 37.3 Å². The Balaban J connectivity index is 1.56. The second-order valence-corrected chi connectivity index (χ2v) is 7.93. The maximum atomic E-state index is 12.7. The summed E-state index contributed by atoms with van der Waals surface area (Å²) < 4.78 is 15.9. The molecule has 0 atom stereocenters. The van der Waals surface area contributed by atoms with Crippen molar-refractivity contribution in [3.05, 3.63) is 88.3 Å². The third-order valence-corrected chi connectivity index (χ3v) is 5.48. The first-order valence-electron chi connectivity index (χ1n) is 10.4. The van der Waals surface area contributed by atoms with Gasteiger partial charge in [0.25, 0.3) is 5.91 Å². The summed E-state index contributed by atoms with van der Waals surface area (Å²) in [6.07, 6.45) is 0. The zero-order chi connectivity index (χ0) is 24.2. The first kappa shape index (κ1) is 23.0. The number of rotatable bonds is 5. The molecule has 8 heteroatoms. The topological polar surface area (TPSA) is 89.8 Å². The predicted octanol–water partition coefficient (Wildman–Crippen LogP) is 4.91. The highest BCUT2D eigenvalue weighted by Crippen LogP contribution is 2.26. The summed E-state index contributed by atoms with van der Waals surface area (Å²) in [7, 11) is 3.02. The number of carbonyl (C=O) groups is 1. The van der Waals surface area contributed by atoms with E-state index in [0.717, 1.165) is 10.9 Å². The summed E-state index contributed by atoms with van der Waals surface area (Å²) in [5.74, 6) is 0.556. The monoisotopic (exact) mass is 474 g/mol. The molecule has 0 aliphatic rings. The third-order valence-electron chi connectivity index (χ3n) is 5.28. The molecule has 1 aromatic heterocycles. The van der Waals surface area contributed by atoms with Crippen molar-refractivity contribution in [3.63, 3.8) is 0 Å². The average Bonchev–Trinajstić information content (AvgIpc) is 2.84. The van der Waals surface area contributed by atoms with Crippen molar-refractivity contribution in [1.82, 2.24) is 5.32 Å². The number of nitrogens with one attached hydrogen (secondary N) is 2. The van der Waals surface area contributed by atoms with Gasteiger partial charge in [-0.2, -0.15) is 0 Å². The van der Waals surface area contributed by atoms with Crippen LogP contribution < -0.4 is 25.7 Å². The number of ether oxygens (including phenoxy) is 2. The Morgan fingerprint density at radius 1 is 0.941 bits per heavy atom. The van der Waals surface area contributed by atoms with Crippen LogP contribution in [0.5, 0.6) is 11.5 Å². The van der Waals surface area contributed by atoms with Gasteiger partial charge in [0.05, 0.1) is 19.8 Å². The molecule has 0 aliphatic heterocycles. The van der Waals surface area contributed by atoms with Gasteiger partial charge in [-0.25, -0.2) is 4.79 Å². The van der Waals surface area contributed by atoms with Crippen LogP contribution in [0.1, 0.15) is 15.9 Å². The van der Waals surface area contributed by atoms with Crippen LogP contribution in [0.25, 0.3) is 22.1 Å². The van der Waals surface area contributed by atoms with Gasteiger partial charge in [0.1, 0.15) is 17.1 Å². The minimum atomic E-state index is -0.434. The zero-order valence-corrected chi connectivity index (χ0v) is 19.6. The quantitative estimate of drug-likeness (QED) is 0.314. The fourth-order valence-corrected chi connectivity index (χ4v) is 3.66. The van der Waals surface area contributed by atoms with Crippen molar-refractivity contribution >= 4 is 39.9 Å². The van der Waals surface area contributed by atoms with Crippen LogP contribution in [0.4, 0.5) is 5.69 Å². The fraction of sp³-hybridized carbons (Fsp3) is 0.115. The fourth-order valence-electron chi connectivity index (χ4n) is 3.45. The molecule has 0 unspecified atom stereocenters. The number of aryl methyl sites for hydroxylation is 1. The van der Waals surface area contributed by atoms with Crippen LogP contribution in [0, 0.1) is 6.92 Å². The van der Waals surface area contributed by atoms with Crippen molar-refractivity contribution in [2.75, 3.05) is 19.5 Å². The number of para-hydroxylation sites is 1. The molecule has 172 valence electrons. The number of fused-ring (bicyclic) bond motifs is 1. The van der Waals surface area contributed by atoms with Gasteiger partial charge >= 0.3 is 5.63 Å². The van der Waals surface area contributed by atoms with Gasteiger partial charge in [-0.05, 0) is 60.6 Å². The summed E-state index contributed by atoms with van der Waals surface area (Å²) in [6, 6.07) is 19.5. The van der Waals surface area contributed by atoms with Gasteiger partial charge in [0.2, 0.25) is 0 Å². The summed E-state index contributed by atoms with van der Waals surface area (Å²) in [4.78, 5) is 25.3. The molecule has 0 saturated carbocycles. The average molecular weight is 475 g/mol. The van der Waals surface area contributed by atoms with E-state index >= 15 is 0 Å². The lowest BCUT2D eigenvalue weighted by molar-refractivity contribution is 0.0977. The van der Waals surface area contributed by atoms with Crippen molar-refractivity contribution in [2.24, 2.45) is 0 Å². The minimum absolute atomic E-state index is 0.109. The van der Waals surface area contributed by atoms with Gasteiger partial charge in [-0.1, -0.05) is 30.3 Å². The molecule has 1 heterocycles. The number of carbonyl (C=O) groups excluding carboxylic acids is 1. The summed E-state index contributed by atoms with van der Waals surface area (Å²) >= 11 is 5.36. The van der Waals surface area contributed by atoms with E-state index in [2.05, 4.69) is 10.6 Å². The minimum Gasteiger partial charge on any atom is -0.497 e. The van der Waals surface area contributed by atoms with Crippen LogP contribution in [-0.2, 0) is 0 Å². The molecule has 3 aromatic carbocycles. The Labute approximate surface area is 201 Å². The van der Waals surface area contributed by atoms with E-state index in [-0.39, 0.29) is 5.11 Å². The molecule has 0 saturated heterocycles. The van der Waals surface area contributed by atoms with Gasteiger partial charge < -0.3 is 19.2 Å². The Kier molecular flexibility index (Phi) is 6.60. The molecule has 34 heavy (non-hydrogen) atoms. The molecule has 7 nitrogen and oxygen atoms in total. The Bertz CT molecular complexity index is 1440. The first-order chi connectivity index (χ1) is 16.4. The number of hydrogen-bond acceptors (Lipinski definition) is 6. The second kappa shape index (κ2) is 9.76. The summed E-state index contributed by atoms with van der Waals surface area (Å²) in [5, 5.41) is 6.63. The highest BCUT2D eigenvalue weighted by atomic mass is 32.1. The molecular formula is C26H22N2O5S. The van der Waals surface area contributed by atoms with Crippen LogP contribution in [0.2, 0.25) is 0 Å². The van der Waals surface area contributed by atoms with Crippen LogP contribution in [0.15, 0.2) is 75.9 Å². The van der Waals surface area contributed by atoms with Crippen molar-refractivity contribution in [2.45, 2.75) is 6.92 Å². The van der Waals surface area contributed by atoms with Crippen molar-refractivity contribution < 1.29 is 18.7 Å². The second-order valence-electron chi connectivity index (χ2n) is 7.52. The maximum Gasteiger partial charge on any atom is 0.344 e. The number of methoxy groups -OCH3 is 2. The largest absolute Gasteiger partial charge is 0.497 e. The number of anilines is 1. The van der Waals surface area contributed by atoms with E-state index in [0.29, 0.717) is 39.5 Å². The highest BCUT2D eigenvalue weighted by Gasteiger charge is 2.14. The highest BCUT2D eigenvalue weighted by molar-refractivity contribution is 7.80. The SMILES string of the molecule is COc1cc(OC)cc(C(=O)NC(=S)Nc2cc(-c3cc4ccccc4oc3=O)ccc2C)c1. The molecule has 0 radical (unpaired) electrons. The van der Waals surface area contributed by atoms with Gasteiger partial charge in [-0.3, -0.25) is 10.1 Å². The van der Waals surface area contributed by atoms with Crippen LogP contribution >= 0.6 is 12.2 Å². The van der Waals surface area contributed by atoms with Crippen LogP contribution in [-0.4, -0.2) is 25.2 Å². The smallest absolute Gasteiger partial charge is 0.344 e. The van der Waals surface area contributed by atoms with E-state index < -0.39 is 11.5 Å². The lowest BCUT2D eigenvalue weighted by atomic mass is 10.0. The molecular weight excluding hydrogens is 452 g/mol. The molecule has 4 aromatic rings. The molecule has 0 aliphatic carbocycles. The molecule has 4 rings (SSSR count). The van der Waals surface area contributed by atoms with E-state index in [9.17, 15) is 9.59 Å². The Morgan fingerprint density at radius 3 is 2.35 bits per heavy atom. The summed E-state index contributed by atoms with van der Waals surface area (Å²) in [6.45, 7) is 1.90. The normalized spacial score (nSPS) is 10.6. The van der Waals surface area contributed by atoms with E-state index in [1.165, 1.54) is 14.2 Å². The first-order valence-corrected chi connectivity index (χ1v) is 10.8. The van der Waals surface area contributed by atoms with Gasteiger partial charge in [-0.15, -0.1) is 0 Å². The van der Waals surface area contributed by atoms with E-state index in [1.54, 1.807) is 36.4 Å². The van der Waals surface area contributed by atoms with Gasteiger partial charge in [0.15, 0.2) is 5.11 Å². The molecule has 1 amide bonds. The molecule has 0 fully saturated rings. The number of hydrogen-bond donors (Lipinski definition) is 2. The molecule has 0 bridgehead atoms. The Hall–Kier alpha value is -4.17. The van der Waals surface area contributed by atoms with Crippen molar-refractivity contribution in [3.8, 4) is 22.6 Å². The Morgan fingerprint density at radius 2 is 1.65 bits per heavy atom. The standard InChI is InChI=1S/C26H22N2O5S/c1-15-8-9-16(21-12-17-6-4-5-7-23(17)33-25(21)30)13-22(15)27-26(34)28-24(29)18-10-19(31-2)14-20(11-18)32-3/h4-14H,1-3H3,(H2,27,28,29,34). The third kappa shape index (κ3) is 4.92. The van der Waals surface area contributed by atoms with Crippen LogP contribution in [0.3, 0.4) is 0 Å². The lowest BCUT2D eigenvalue weighted by Gasteiger charge is -2.14. The van der Waals surface area contributed by atoms with Crippen molar-refractivity contribution in [1.29, 1.82) is 0 Å². The summed E-state index contributed by atoms with van der Waals surface area (Å²) in [5.41, 5.74) is 3.06.